The minimum atomic E-state index is -5.32. The topological polar surface area (TPSA) is 340 Å². The molecule has 22 nitrogen and oxygen atoms in total. The summed E-state index contributed by atoms with van der Waals surface area (Å²) in [4.78, 5) is 57.8. The van der Waals surface area contributed by atoms with Crippen molar-refractivity contribution < 1.29 is 45.7 Å². The molecule has 0 saturated carbocycles. The molecule has 1 aliphatic carbocycles. The Hall–Kier alpha value is -7.02. The second-order valence-corrected chi connectivity index (χ2v) is 13.1. The highest BCUT2D eigenvalue weighted by molar-refractivity contribution is 7.91. The second kappa shape index (κ2) is 13.7. The fourth-order valence-electron chi connectivity index (χ4n) is 4.46. The lowest BCUT2D eigenvalue weighted by atomic mass is 9.93. The number of nitrogens with one attached hydrogen (secondary N) is 3. The van der Waals surface area contributed by atoms with Gasteiger partial charge in [0.15, 0.2) is 11.1 Å². The molecular weight excluding hydrogens is 736 g/mol. The average molecular weight is 755 g/mol. The number of fused-ring (bicyclic) bond motifs is 1. The highest BCUT2D eigenvalue weighted by atomic mass is 32.2. The normalized spacial score (nSPS) is 14.5. The van der Waals surface area contributed by atoms with Crippen molar-refractivity contribution in [3.8, 4) is 5.75 Å². The van der Waals surface area contributed by atoms with Crippen LogP contribution in [0.1, 0.15) is 15.9 Å². The molecule has 0 radical (unpaired) electrons. The minimum absolute atomic E-state index is 0.155. The number of allylic oxidation sites excluding steroid dienone is 1. The molecule has 1 aliphatic rings. The SMILES string of the molecule is O=C1/C(=N\Nc2cc([N+](=O)[O-])ccc2O)C(S(=O)(=O)O)=Cc2cc(S(=O)(=O)O)cc(N/N=c3\ccc(=O)/c(=N/Nc4ccc([N+](=O)[O-])cc4)c3=O)c21. The number of phenols is 1. The van der Waals surface area contributed by atoms with E-state index in [9.17, 15) is 65.7 Å². The molecule has 266 valence electrons. The molecule has 6 N–H and O–H groups in total. The third-order valence-electron chi connectivity index (χ3n) is 6.90. The molecular formula is C28H18N8O14S2. The number of nitrogens with zero attached hydrogens (tertiary/aromatic N) is 5. The van der Waals surface area contributed by atoms with Crippen LogP contribution in [-0.4, -0.2) is 52.4 Å². The van der Waals surface area contributed by atoms with Crippen molar-refractivity contribution in [1.82, 2.24) is 0 Å². The van der Waals surface area contributed by atoms with Crippen molar-refractivity contribution in [1.29, 1.82) is 0 Å². The first kappa shape index (κ1) is 36.3. The number of non-ortho nitro benzene ring substituents is 2. The Bertz CT molecular complexity index is 2740. The predicted octanol–water partition coefficient (Wildman–Crippen LogP) is 0.800. The number of ketones is 1. The van der Waals surface area contributed by atoms with Crippen molar-refractivity contribution in [2.24, 2.45) is 15.3 Å². The van der Waals surface area contributed by atoms with E-state index in [-0.39, 0.29) is 11.4 Å². The van der Waals surface area contributed by atoms with Gasteiger partial charge in [0, 0.05) is 24.3 Å². The Labute approximate surface area is 287 Å². The van der Waals surface area contributed by atoms with E-state index in [4.69, 9.17) is 0 Å². The van der Waals surface area contributed by atoms with Crippen molar-refractivity contribution in [3.63, 3.8) is 0 Å². The fraction of sp³-hybridized carbons (Fsp3) is 0. The molecule has 5 rings (SSSR count). The van der Waals surface area contributed by atoms with Crippen molar-refractivity contribution >= 4 is 66.2 Å². The van der Waals surface area contributed by atoms with Crippen LogP contribution in [0.15, 0.2) is 101 Å². The number of benzene rings is 4. The Morgan fingerprint density at radius 1 is 0.692 bits per heavy atom. The summed E-state index contributed by atoms with van der Waals surface area (Å²) in [6.07, 6.45) is 0.603. The van der Waals surface area contributed by atoms with Crippen LogP contribution in [0.3, 0.4) is 0 Å². The van der Waals surface area contributed by atoms with Gasteiger partial charge < -0.3 is 5.11 Å². The monoisotopic (exact) mass is 754 g/mol. The van der Waals surface area contributed by atoms with Gasteiger partial charge in [0.05, 0.1) is 31.7 Å². The highest BCUT2D eigenvalue weighted by Gasteiger charge is 2.36. The standard InChI is InChI=1S/C28H18N8O14S2/c37-21-7-5-16(36(43)44)11-19(21)31-34-26-23(52(48,49)50)10-13-9-17(51(45,46)47)12-20(24(13)28(26)40)32-30-18-6-8-22(38)25(27(18)39)33-29-14-1-3-15(4-2-14)35(41)42/h1-12,29,31-32,37H,(H,45,46,47)(H,48,49,50)/b30-18+,33-25-,34-26-. The van der Waals surface area contributed by atoms with E-state index in [0.717, 1.165) is 42.5 Å². The molecule has 0 aromatic heterocycles. The molecule has 0 atom stereocenters. The smallest absolute Gasteiger partial charge is 0.296 e. The molecule has 52 heavy (non-hydrogen) atoms. The zero-order chi connectivity index (χ0) is 38.1. The minimum Gasteiger partial charge on any atom is -0.506 e. The first-order valence-electron chi connectivity index (χ1n) is 13.7. The van der Waals surface area contributed by atoms with Gasteiger partial charge in [-0.2, -0.15) is 32.1 Å². The number of Topliss-reactive ketones (excluding diaryl/α,β-unsaturated/α-hetero) is 1. The number of anilines is 3. The Balaban J connectivity index is 1.62. The van der Waals surface area contributed by atoms with Gasteiger partial charge in [-0.25, -0.2) is 0 Å². The van der Waals surface area contributed by atoms with E-state index in [1.807, 2.05) is 0 Å². The van der Waals surface area contributed by atoms with Crippen molar-refractivity contribution in [2.45, 2.75) is 4.90 Å². The Morgan fingerprint density at radius 2 is 1.33 bits per heavy atom. The van der Waals surface area contributed by atoms with Gasteiger partial charge in [0.2, 0.25) is 16.6 Å². The van der Waals surface area contributed by atoms with Crippen LogP contribution in [0, 0.1) is 20.2 Å². The van der Waals surface area contributed by atoms with Crippen LogP contribution in [0.25, 0.3) is 6.08 Å². The summed E-state index contributed by atoms with van der Waals surface area (Å²) in [5.41, 5.74) is 0.910. The van der Waals surface area contributed by atoms with Crippen LogP contribution >= 0.6 is 0 Å². The first-order valence-corrected chi connectivity index (χ1v) is 16.6. The molecule has 0 saturated heterocycles. The summed E-state index contributed by atoms with van der Waals surface area (Å²) in [5, 5.41) is 42.1. The van der Waals surface area contributed by atoms with Gasteiger partial charge in [-0.05, 0) is 54.1 Å². The molecule has 0 amide bonds. The fourth-order valence-corrected chi connectivity index (χ4v) is 5.66. The molecule has 4 aromatic carbocycles. The third-order valence-corrected chi connectivity index (χ3v) is 8.60. The van der Waals surface area contributed by atoms with E-state index < -0.39 is 107 Å². The summed E-state index contributed by atoms with van der Waals surface area (Å²) in [6, 6.07) is 10.5. The van der Waals surface area contributed by atoms with E-state index in [0.29, 0.717) is 18.2 Å². The number of nitro benzene ring substituents is 2. The van der Waals surface area contributed by atoms with Crippen LogP contribution in [0.2, 0.25) is 0 Å². The molecule has 4 aromatic rings. The number of phenolic OH excluding ortho intramolecular Hbond substituents is 1. The first-order chi connectivity index (χ1) is 24.3. The zero-order valence-corrected chi connectivity index (χ0v) is 26.9. The lowest BCUT2D eigenvalue weighted by Crippen LogP contribution is -2.48. The number of nitro groups is 2. The number of hydrogen-bond donors (Lipinski definition) is 6. The van der Waals surface area contributed by atoms with Gasteiger partial charge in [0.25, 0.3) is 31.6 Å². The molecule has 0 heterocycles. The van der Waals surface area contributed by atoms with Crippen LogP contribution in [0.4, 0.5) is 28.4 Å². The van der Waals surface area contributed by atoms with Gasteiger partial charge in [0.1, 0.15) is 21.7 Å². The number of rotatable bonds is 10. The predicted molar refractivity (Wildman–Crippen MR) is 179 cm³/mol. The number of aromatic hydroxyl groups is 1. The van der Waals surface area contributed by atoms with Gasteiger partial charge in [-0.1, -0.05) is 0 Å². The van der Waals surface area contributed by atoms with Gasteiger partial charge in [-0.3, -0.25) is 60.0 Å². The summed E-state index contributed by atoms with van der Waals surface area (Å²) >= 11 is 0. The summed E-state index contributed by atoms with van der Waals surface area (Å²) in [7, 11) is -10.4. The lowest BCUT2D eigenvalue weighted by molar-refractivity contribution is -0.385. The molecule has 24 heteroatoms. The molecule has 0 fully saturated rings. The number of hydrazone groups is 1. The summed E-state index contributed by atoms with van der Waals surface area (Å²) in [6.45, 7) is 0. The quantitative estimate of drug-likeness (QED) is 0.0564. The van der Waals surface area contributed by atoms with Gasteiger partial charge in [-0.15, -0.1) is 0 Å². The average Bonchev–Trinajstić information content (AvgIpc) is 3.06. The van der Waals surface area contributed by atoms with E-state index >= 15 is 0 Å². The molecule has 0 aliphatic heterocycles. The van der Waals surface area contributed by atoms with Crippen LogP contribution in [0.5, 0.6) is 5.75 Å². The maximum Gasteiger partial charge on any atom is 0.296 e. The summed E-state index contributed by atoms with van der Waals surface area (Å²) < 4.78 is 68.5. The molecule has 0 unspecified atom stereocenters. The summed E-state index contributed by atoms with van der Waals surface area (Å²) in [5.74, 6) is -1.97. The van der Waals surface area contributed by atoms with Crippen LogP contribution < -0.4 is 37.8 Å². The number of carbonyl (C=O) groups is 1. The Kier molecular flexibility index (Phi) is 9.56. The lowest BCUT2D eigenvalue weighted by Gasteiger charge is -2.19. The van der Waals surface area contributed by atoms with Crippen LogP contribution in [-0.2, 0) is 20.2 Å². The number of carbonyl (C=O) groups excluding carboxylic acids is 1. The third kappa shape index (κ3) is 7.58. The molecule has 0 bridgehead atoms. The molecule has 0 spiro atoms. The van der Waals surface area contributed by atoms with E-state index in [1.165, 1.54) is 12.1 Å². The van der Waals surface area contributed by atoms with Gasteiger partial charge >= 0.3 is 0 Å². The maximum absolute atomic E-state index is 13.8. The van der Waals surface area contributed by atoms with Crippen molar-refractivity contribution in [3.05, 3.63) is 134 Å². The zero-order valence-electron chi connectivity index (χ0n) is 25.3. The van der Waals surface area contributed by atoms with Crippen molar-refractivity contribution in [2.75, 3.05) is 16.3 Å². The second-order valence-electron chi connectivity index (χ2n) is 10.3. The van der Waals surface area contributed by atoms with E-state index in [1.54, 1.807) is 0 Å². The maximum atomic E-state index is 13.8. The number of hydrogen-bond acceptors (Lipinski definition) is 18. The van der Waals surface area contributed by atoms with E-state index in [2.05, 4.69) is 31.6 Å². The Morgan fingerprint density at radius 3 is 1.94 bits per heavy atom. The highest BCUT2D eigenvalue weighted by Crippen LogP contribution is 2.34. The largest absolute Gasteiger partial charge is 0.506 e.